The Balaban J connectivity index is 2.06. The van der Waals surface area contributed by atoms with Crippen LogP contribution in [0.15, 0.2) is 16.5 Å². The van der Waals surface area contributed by atoms with Crippen LogP contribution in [-0.2, 0) is 6.54 Å². The summed E-state index contributed by atoms with van der Waals surface area (Å²) >= 11 is 0. The molecule has 1 aromatic rings. The lowest BCUT2D eigenvalue weighted by Gasteiger charge is -2.37. The van der Waals surface area contributed by atoms with Crippen LogP contribution in [-0.4, -0.2) is 35.1 Å². The SMILES string of the molecule is NCc1ccc(C(=O)N(CCCO)C2CCC2)o1. The van der Waals surface area contributed by atoms with E-state index in [1.54, 1.807) is 12.1 Å². The van der Waals surface area contributed by atoms with Gasteiger partial charge in [-0.15, -0.1) is 0 Å². The van der Waals surface area contributed by atoms with Crippen molar-refractivity contribution in [1.82, 2.24) is 4.90 Å². The zero-order valence-corrected chi connectivity index (χ0v) is 10.5. The molecule has 0 aromatic carbocycles. The molecule has 1 aromatic heterocycles. The van der Waals surface area contributed by atoms with Crippen LogP contribution in [0.1, 0.15) is 42.0 Å². The highest BCUT2D eigenvalue weighted by molar-refractivity contribution is 5.91. The maximum Gasteiger partial charge on any atom is 0.289 e. The first-order valence-corrected chi connectivity index (χ1v) is 6.47. The summed E-state index contributed by atoms with van der Waals surface area (Å²) in [6.45, 7) is 0.981. The molecule has 0 unspecified atom stereocenters. The predicted octanol–water partition coefficient (Wildman–Crippen LogP) is 1.12. The van der Waals surface area contributed by atoms with E-state index in [1.165, 1.54) is 6.42 Å². The number of aliphatic hydroxyl groups is 1. The maximum absolute atomic E-state index is 12.3. The molecule has 18 heavy (non-hydrogen) atoms. The fraction of sp³-hybridized carbons (Fsp3) is 0.615. The van der Waals surface area contributed by atoms with Crippen molar-refractivity contribution in [3.05, 3.63) is 23.7 Å². The molecule has 0 saturated heterocycles. The highest BCUT2D eigenvalue weighted by Crippen LogP contribution is 2.26. The Labute approximate surface area is 107 Å². The van der Waals surface area contributed by atoms with E-state index in [2.05, 4.69) is 0 Å². The third-order valence-corrected chi connectivity index (χ3v) is 3.41. The molecule has 1 heterocycles. The average Bonchev–Trinajstić information content (AvgIpc) is 2.79. The van der Waals surface area contributed by atoms with Crippen LogP contribution in [0.3, 0.4) is 0 Å². The van der Waals surface area contributed by atoms with E-state index in [4.69, 9.17) is 15.3 Å². The number of hydrogen-bond acceptors (Lipinski definition) is 4. The second kappa shape index (κ2) is 6.02. The van der Waals surface area contributed by atoms with E-state index < -0.39 is 0 Å². The van der Waals surface area contributed by atoms with Gasteiger partial charge in [0.1, 0.15) is 5.76 Å². The quantitative estimate of drug-likeness (QED) is 0.795. The second-order valence-corrected chi connectivity index (χ2v) is 4.63. The van der Waals surface area contributed by atoms with Crippen molar-refractivity contribution in [2.24, 2.45) is 5.73 Å². The number of rotatable bonds is 6. The monoisotopic (exact) mass is 252 g/mol. The zero-order chi connectivity index (χ0) is 13.0. The Kier molecular flexibility index (Phi) is 4.38. The van der Waals surface area contributed by atoms with Gasteiger partial charge in [-0.1, -0.05) is 0 Å². The van der Waals surface area contributed by atoms with Gasteiger partial charge in [0.25, 0.3) is 5.91 Å². The standard InChI is InChI=1S/C13H20N2O3/c14-9-11-5-6-12(18-11)13(17)15(7-2-8-16)10-3-1-4-10/h5-6,10,16H,1-4,7-9,14H2. The van der Waals surface area contributed by atoms with Crippen LogP contribution in [0, 0.1) is 0 Å². The summed E-state index contributed by atoms with van der Waals surface area (Å²) in [6.07, 6.45) is 3.86. The highest BCUT2D eigenvalue weighted by Gasteiger charge is 2.30. The minimum atomic E-state index is -0.0900. The first-order valence-electron chi connectivity index (χ1n) is 6.47. The largest absolute Gasteiger partial charge is 0.455 e. The number of aliphatic hydroxyl groups excluding tert-OH is 1. The van der Waals surface area contributed by atoms with Crippen molar-refractivity contribution in [3.8, 4) is 0 Å². The van der Waals surface area contributed by atoms with Crippen molar-refractivity contribution in [2.45, 2.75) is 38.3 Å². The Morgan fingerprint density at radius 2 is 2.28 bits per heavy atom. The van der Waals surface area contributed by atoms with Crippen molar-refractivity contribution in [2.75, 3.05) is 13.2 Å². The van der Waals surface area contributed by atoms with Crippen LogP contribution < -0.4 is 5.73 Å². The van der Waals surface area contributed by atoms with Gasteiger partial charge in [-0.2, -0.15) is 0 Å². The maximum atomic E-state index is 12.3. The van der Waals surface area contributed by atoms with Crippen molar-refractivity contribution in [1.29, 1.82) is 0 Å². The first kappa shape index (κ1) is 13.1. The molecule has 1 aliphatic carbocycles. The second-order valence-electron chi connectivity index (χ2n) is 4.63. The van der Waals surface area contributed by atoms with E-state index in [0.717, 1.165) is 12.8 Å². The van der Waals surface area contributed by atoms with Crippen molar-refractivity contribution in [3.63, 3.8) is 0 Å². The van der Waals surface area contributed by atoms with Crippen LogP contribution >= 0.6 is 0 Å². The summed E-state index contributed by atoms with van der Waals surface area (Å²) in [6, 6.07) is 3.71. The van der Waals surface area contributed by atoms with Gasteiger partial charge in [0.05, 0.1) is 6.54 Å². The van der Waals surface area contributed by atoms with E-state index in [9.17, 15) is 4.79 Å². The van der Waals surface area contributed by atoms with Crippen molar-refractivity contribution >= 4 is 5.91 Å². The van der Waals surface area contributed by atoms with Crippen molar-refractivity contribution < 1.29 is 14.3 Å². The smallest absolute Gasteiger partial charge is 0.289 e. The summed E-state index contributed by atoms with van der Waals surface area (Å²) in [4.78, 5) is 14.1. The lowest BCUT2D eigenvalue weighted by molar-refractivity contribution is 0.0529. The lowest BCUT2D eigenvalue weighted by Crippen LogP contribution is -2.44. The fourth-order valence-electron chi connectivity index (χ4n) is 2.13. The van der Waals surface area contributed by atoms with E-state index in [-0.39, 0.29) is 12.5 Å². The number of carbonyl (C=O) groups is 1. The molecule has 0 aliphatic heterocycles. The third kappa shape index (κ3) is 2.73. The predicted molar refractivity (Wildman–Crippen MR) is 67.0 cm³/mol. The Morgan fingerprint density at radius 3 is 2.78 bits per heavy atom. The summed E-state index contributed by atoms with van der Waals surface area (Å²) in [5.74, 6) is 0.877. The van der Waals surface area contributed by atoms with Gasteiger partial charge in [0, 0.05) is 19.2 Å². The molecule has 1 aliphatic rings. The van der Waals surface area contributed by atoms with Crippen LogP contribution in [0.25, 0.3) is 0 Å². The molecule has 1 fully saturated rings. The van der Waals surface area contributed by atoms with Gasteiger partial charge in [-0.25, -0.2) is 0 Å². The molecule has 0 atom stereocenters. The van der Waals surface area contributed by atoms with Crippen LogP contribution in [0.5, 0.6) is 0 Å². The number of nitrogens with zero attached hydrogens (tertiary/aromatic N) is 1. The molecule has 0 radical (unpaired) electrons. The van der Waals surface area contributed by atoms with E-state index >= 15 is 0 Å². The van der Waals surface area contributed by atoms with Gasteiger partial charge >= 0.3 is 0 Å². The van der Waals surface area contributed by atoms with Gasteiger partial charge < -0.3 is 20.2 Å². The minimum Gasteiger partial charge on any atom is -0.455 e. The molecular weight excluding hydrogens is 232 g/mol. The molecule has 2 rings (SSSR count). The molecule has 100 valence electrons. The first-order chi connectivity index (χ1) is 8.76. The average molecular weight is 252 g/mol. The number of hydrogen-bond donors (Lipinski definition) is 2. The molecule has 1 saturated carbocycles. The Hall–Kier alpha value is -1.33. The fourth-order valence-corrected chi connectivity index (χ4v) is 2.13. The third-order valence-electron chi connectivity index (χ3n) is 3.41. The number of amides is 1. The molecule has 0 spiro atoms. The zero-order valence-electron chi connectivity index (χ0n) is 10.5. The summed E-state index contributed by atoms with van der Waals surface area (Å²) < 4.78 is 5.40. The topological polar surface area (TPSA) is 79.7 Å². The summed E-state index contributed by atoms with van der Waals surface area (Å²) in [7, 11) is 0. The molecule has 0 bridgehead atoms. The molecule has 5 heteroatoms. The molecule has 3 N–H and O–H groups in total. The molecule has 1 amide bonds. The number of carbonyl (C=O) groups excluding carboxylic acids is 1. The van der Waals surface area contributed by atoms with Gasteiger partial charge in [0.2, 0.25) is 0 Å². The Morgan fingerprint density at radius 1 is 1.50 bits per heavy atom. The molecular formula is C13H20N2O3. The molecule has 5 nitrogen and oxygen atoms in total. The lowest BCUT2D eigenvalue weighted by atomic mass is 9.91. The number of nitrogens with two attached hydrogens (primary N) is 1. The highest BCUT2D eigenvalue weighted by atomic mass is 16.4. The Bertz CT molecular complexity index is 399. The van der Waals surface area contributed by atoms with E-state index in [1.807, 2.05) is 4.90 Å². The van der Waals surface area contributed by atoms with Gasteiger partial charge in [-0.3, -0.25) is 4.79 Å². The number of furan rings is 1. The van der Waals surface area contributed by atoms with Crippen LogP contribution in [0.2, 0.25) is 0 Å². The summed E-state index contributed by atoms with van der Waals surface area (Å²) in [5, 5.41) is 8.90. The van der Waals surface area contributed by atoms with Gasteiger partial charge in [0.15, 0.2) is 5.76 Å². The van der Waals surface area contributed by atoms with Gasteiger partial charge in [-0.05, 0) is 37.8 Å². The van der Waals surface area contributed by atoms with E-state index in [0.29, 0.717) is 37.1 Å². The summed E-state index contributed by atoms with van der Waals surface area (Å²) in [5.41, 5.74) is 5.47. The normalized spacial score (nSPS) is 15.4. The van der Waals surface area contributed by atoms with Crippen LogP contribution in [0.4, 0.5) is 0 Å². The minimum absolute atomic E-state index is 0.0900.